The largest absolute Gasteiger partial charge is 0.506 e. The van der Waals surface area contributed by atoms with Crippen molar-refractivity contribution in [1.29, 1.82) is 0 Å². The van der Waals surface area contributed by atoms with E-state index in [1.807, 2.05) is 54.6 Å². The number of aromatic hydroxyl groups is 1. The molecule has 2 heterocycles. The molecule has 1 saturated heterocycles. The Bertz CT molecular complexity index is 1440. The number of anilines is 2. The van der Waals surface area contributed by atoms with Gasteiger partial charge in [0.15, 0.2) is 0 Å². The minimum absolute atomic E-state index is 0.0461. The number of benzene rings is 3. The number of phenolic OH excluding ortho intramolecular Hbond substituents is 1. The number of carbonyl (C=O) groups excluding carboxylic acids is 2. The zero-order chi connectivity index (χ0) is 32.8. The molecular weight excluding hydrogens is 592 g/mol. The van der Waals surface area contributed by atoms with Gasteiger partial charge in [-0.15, -0.1) is 0 Å². The number of para-hydroxylation sites is 1. The average Bonchev–Trinajstić information content (AvgIpc) is 3.09. The van der Waals surface area contributed by atoms with Crippen LogP contribution in [0.25, 0.3) is 11.1 Å². The Hall–Kier alpha value is -3.92. The Balaban J connectivity index is 0.867. The molecule has 9 heteroatoms. The molecule has 2 amide bonds. The number of carbonyl (C=O) groups is 2. The van der Waals surface area contributed by atoms with Crippen LogP contribution in [0.4, 0.5) is 16.2 Å². The third kappa shape index (κ3) is 10.3. The molecule has 2 aliphatic heterocycles. The monoisotopic (exact) mass is 642 g/mol. The van der Waals surface area contributed by atoms with Crippen molar-refractivity contribution in [3.63, 3.8) is 0 Å². The first-order chi connectivity index (χ1) is 23.0. The number of piperidine rings is 1. The first-order valence-corrected chi connectivity index (χ1v) is 17.4. The normalized spacial score (nSPS) is 15.9. The van der Waals surface area contributed by atoms with Crippen molar-refractivity contribution < 1.29 is 24.5 Å². The van der Waals surface area contributed by atoms with E-state index in [9.17, 15) is 19.8 Å². The summed E-state index contributed by atoms with van der Waals surface area (Å²) in [4.78, 5) is 26.9. The van der Waals surface area contributed by atoms with Crippen molar-refractivity contribution in [3.8, 4) is 16.9 Å². The highest BCUT2D eigenvalue weighted by Crippen LogP contribution is 2.36. The number of aliphatic hydroxyl groups excluding tert-OH is 1. The van der Waals surface area contributed by atoms with E-state index in [1.54, 1.807) is 6.07 Å². The lowest BCUT2D eigenvalue weighted by molar-refractivity contribution is -0.116. The number of rotatable bonds is 16. The van der Waals surface area contributed by atoms with E-state index in [0.717, 1.165) is 73.4 Å². The van der Waals surface area contributed by atoms with Crippen molar-refractivity contribution in [2.45, 2.75) is 82.8 Å². The Morgan fingerprint density at radius 1 is 0.894 bits per heavy atom. The minimum Gasteiger partial charge on any atom is -0.506 e. The number of hydrogen-bond acceptors (Lipinski definition) is 7. The van der Waals surface area contributed by atoms with Gasteiger partial charge in [0.05, 0.1) is 17.5 Å². The first kappa shape index (κ1) is 34.4. The molecule has 2 aliphatic rings. The van der Waals surface area contributed by atoms with Crippen molar-refractivity contribution in [1.82, 2.24) is 10.2 Å². The van der Waals surface area contributed by atoms with Gasteiger partial charge in [0, 0.05) is 31.6 Å². The molecule has 252 valence electrons. The summed E-state index contributed by atoms with van der Waals surface area (Å²) in [6.07, 6.45) is 9.92. The van der Waals surface area contributed by atoms with Crippen LogP contribution in [0.5, 0.6) is 5.75 Å². The van der Waals surface area contributed by atoms with Gasteiger partial charge in [0.25, 0.3) is 0 Å². The fourth-order valence-electron chi connectivity index (χ4n) is 6.63. The van der Waals surface area contributed by atoms with Gasteiger partial charge in [-0.3, -0.25) is 10.1 Å². The Labute approximate surface area is 278 Å². The number of nitrogens with zero attached hydrogens (tertiary/aromatic N) is 1. The zero-order valence-electron chi connectivity index (χ0n) is 27.4. The second kappa shape index (κ2) is 17.8. The van der Waals surface area contributed by atoms with Crippen molar-refractivity contribution >= 4 is 23.4 Å². The summed E-state index contributed by atoms with van der Waals surface area (Å²) in [6.45, 7) is 4.34. The van der Waals surface area contributed by atoms with Crippen LogP contribution in [-0.2, 0) is 16.0 Å². The fraction of sp³-hybridized carbons (Fsp3) is 0.474. The topological polar surface area (TPSA) is 123 Å². The molecule has 1 atom stereocenters. The molecule has 1 unspecified atom stereocenters. The number of phenols is 1. The number of amides is 2. The maximum absolute atomic E-state index is 12.7. The number of nitrogens with one attached hydrogen (secondary N) is 3. The predicted molar refractivity (Wildman–Crippen MR) is 187 cm³/mol. The lowest BCUT2D eigenvalue weighted by atomic mass is 9.93. The second-order valence-corrected chi connectivity index (χ2v) is 12.8. The number of fused-ring (bicyclic) bond motifs is 1. The Morgan fingerprint density at radius 2 is 1.60 bits per heavy atom. The standard InChI is InChI=1S/C38H50N4O5/c43-34-19-17-31(32-18-20-36(45)41-37(32)34)35(44)27-39-23-11-4-2-1-3-5-12-24-42-25-21-29(22-26-42)47-38(46)40-33-16-10-9-15-30(33)28-13-7-6-8-14-28/h6-10,13-17,19,29,35,39,43-44H,1-5,11-12,18,20-27H2,(H,40,46)(H,41,45). The van der Waals surface area contributed by atoms with Gasteiger partial charge in [-0.1, -0.05) is 86.7 Å². The van der Waals surface area contributed by atoms with Crippen LogP contribution in [0, 0.1) is 0 Å². The Morgan fingerprint density at radius 3 is 2.38 bits per heavy atom. The maximum Gasteiger partial charge on any atom is 0.411 e. The van der Waals surface area contributed by atoms with Crippen molar-refractivity contribution in [2.24, 2.45) is 0 Å². The van der Waals surface area contributed by atoms with E-state index in [1.165, 1.54) is 44.6 Å². The highest BCUT2D eigenvalue weighted by molar-refractivity contribution is 5.96. The van der Waals surface area contributed by atoms with Gasteiger partial charge >= 0.3 is 6.09 Å². The van der Waals surface area contributed by atoms with Crippen LogP contribution in [0.1, 0.15) is 81.4 Å². The average molecular weight is 643 g/mol. The van der Waals surface area contributed by atoms with Gasteiger partial charge in [-0.25, -0.2) is 4.79 Å². The van der Waals surface area contributed by atoms with Gasteiger partial charge in [-0.2, -0.15) is 0 Å². The van der Waals surface area contributed by atoms with Crippen LogP contribution < -0.4 is 16.0 Å². The molecule has 5 N–H and O–H groups in total. The lowest BCUT2D eigenvalue weighted by Crippen LogP contribution is -2.38. The molecule has 3 aromatic rings. The first-order valence-electron chi connectivity index (χ1n) is 17.4. The van der Waals surface area contributed by atoms with Crippen LogP contribution in [0.2, 0.25) is 0 Å². The number of ether oxygens (including phenoxy) is 1. The third-order valence-electron chi connectivity index (χ3n) is 9.28. The van der Waals surface area contributed by atoms with Crippen LogP contribution >= 0.6 is 0 Å². The predicted octanol–water partition coefficient (Wildman–Crippen LogP) is 7.01. The third-order valence-corrected chi connectivity index (χ3v) is 9.28. The SMILES string of the molecule is O=C1CCc2c(C(O)CNCCCCCCCCCN3CCC(OC(=O)Nc4ccccc4-c4ccccc4)CC3)ccc(O)c2N1. The zero-order valence-corrected chi connectivity index (χ0v) is 27.4. The Kier molecular flexibility index (Phi) is 13.1. The summed E-state index contributed by atoms with van der Waals surface area (Å²) in [6, 6.07) is 21.1. The van der Waals surface area contributed by atoms with Gasteiger partial charge in [-0.05, 0) is 74.0 Å². The smallest absolute Gasteiger partial charge is 0.411 e. The summed E-state index contributed by atoms with van der Waals surface area (Å²) >= 11 is 0. The molecule has 9 nitrogen and oxygen atoms in total. The molecule has 47 heavy (non-hydrogen) atoms. The van der Waals surface area contributed by atoms with E-state index >= 15 is 0 Å². The van der Waals surface area contributed by atoms with Gasteiger partial charge < -0.3 is 30.5 Å². The highest BCUT2D eigenvalue weighted by atomic mass is 16.6. The molecular formula is C38H50N4O5. The van der Waals surface area contributed by atoms with Crippen LogP contribution in [-0.4, -0.2) is 65.9 Å². The quantitative estimate of drug-likeness (QED) is 0.0841. The summed E-state index contributed by atoms with van der Waals surface area (Å²) in [5, 5.41) is 29.8. The molecule has 0 spiro atoms. The molecule has 0 aliphatic carbocycles. The van der Waals surface area contributed by atoms with Crippen molar-refractivity contribution in [3.05, 3.63) is 77.9 Å². The number of hydrogen-bond donors (Lipinski definition) is 5. The maximum atomic E-state index is 12.7. The summed E-state index contributed by atoms with van der Waals surface area (Å²) in [5.41, 5.74) is 4.84. The number of likely N-dealkylation sites (tertiary alicyclic amines) is 1. The van der Waals surface area contributed by atoms with Gasteiger partial charge in [0.2, 0.25) is 5.91 Å². The van der Waals surface area contributed by atoms with E-state index < -0.39 is 6.10 Å². The van der Waals surface area contributed by atoms with E-state index in [0.29, 0.717) is 25.1 Å². The van der Waals surface area contributed by atoms with Gasteiger partial charge in [0.1, 0.15) is 11.9 Å². The van der Waals surface area contributed by atoms with E-state index in [2.05, 4.69) is 20.9 Å². The molecule has 0 radical (unpaired) electrons. The molecule has 0 saturated carbocycles. The minimum atomic E-state index is -0.675. The van der Waals surface area contributed by atoms with E-state index in [4.69, 9.17) is 4.74 Å². The molecule has 3 aromatic carbocycles. The second-order valence-electron chi connectivity index (χ2n) is 12.8. The molecule has 1 fully saturated rings. The number of aliphatic hydroxyl groups is 1. The summed E-state index contributed by atoms with van der Waals surface area (Å²) in [5.74, 6) is -0.0579. The lowest BCUT2D eigenvalue weighted by Gasteiger charge is -2.31. The number of unbranched alkanes of at least 4 members (excludes halogenated alkanes) is 6. The molecule has 5 rings (SSSR count). The van der Waals surface area contributed by atoms with E-state index in [-0.39, 0.29) is 23.9 Å². The fourth-order valence-corrected chi connectivity index (χ4v) is 6.63. The van der Waals surface area contributed by atoms with Crippen LogP contribution in [0.15, 0.2) is 66.7 Å². The van der Waals surface area contributed by atoms with Crippen LogP contribution in [0.3, 0.4) is 0 Å². The van der Waals surface area contributed by atoms with Crippen molar-refractivity contribution in [2.75, 3.05) is 43.4 Å². The summed E-state index contributed by atoms with van der Waals surface area (Å²) < 4.78 is 5.78. The molecule has 0 aromatic heterocycles. The summed E-state index contributed by atoms with van der Waals surface area (Å²) in [7, 11) is 0. The molecule has 0 bridgehead atoms. The highest BCUT2D eigenvalue weighted by Gasteiger charge is 2.24.